The van der Waals surface area contributed by atoms with Crippen molar-refractivity contribution in [3.8, 4) is 23.7 Å². The topological polar surface area (TPSA) is 133 Å². The van der Waals surface area contributed by atoms with Crippen LogP contribution < -0.4 is 10.4 Å². The largest absolute Gasteiger partial charge is 0.444 e. The van der Waals surface area contributed by atoms with E-state index < -0.39 is 32.7 Å². The quantitative estimate of drug-likeness (QED) is 0.348. The molecule has 2 atom stereocenters. The van der Waals surface area contributed by atoms with Crippen LogP contribution in [-0.4, -0.2) is 61.0 Å². The number of aliphatic hydroxyl groups excluding tert-OH is 1. The zero-order valence-corrected chi connectivity index (χ0v) is 16.6. The second kappa shape index (κ2) is 8.97. The van der Waals surface area contributed by atoms with Gasteiger partial charge in [-0.25, -0.2) is 18.7 Å². The Kier molecular flexibility index (Phi) is 6.88. The molecule has 1 aliphatic rings. The number of rotatable bonds is 5. The van der Waals surface area contributed by atoms with Crippen LogP contribution in [0.25, 0.3) is 0 Å². The summed E-state index contributed by atoms with van der Waals surface area (Å²) in [4.78, 5) is 25.5. The molecule has 1 saturated heterocycles. The van der Waals surface area contributed by atoms with Crippen LogP contribution in [0.15, 0.2) is 24.3 Å². The summed E-state index contributed by atoms with van der Waals surface area (Å²) in [6, 6.07) is 6.62. The second-order valence-electron chi connectivity index (χ2n) is 6.52. The monoisotopic (exact) mass is 420 g/mol. The molecular weight excluding hydrogens is 400 g/mol. The van der Waals surface area contributed by atoms with Gasteiger partial charge in [0.25, 0.3) is 5.91 Å². The smallest absolute Gasteiger partial charge is 0.414 e. The van der Waals surface area contributed by atoms with Crippen LogP contribution in [0.2, 0.25) is 0 Å². The zero-order chi connectivity index (χ0) is 21.7. The molecule has 1 aliphatic heterocycles. The van der Waals surface area contributed by atoms with Crippen molar-refractivity contribution < 1.29 is 33.1 Å². The first-order chi connectivity index (χ1) is 13.6. The van der Waals surface area contributed by atoms with Gasteiger partial charge in [-0.3, -0.25) is 14.9 Å². The predicted octanol–water partition coefficient (Wildman–Crippen LogP) is 0.0578. The molecule has 1 aromatic carbocycles. The average molecular weight is 420 g/mol. The van der Waals surface area contributed by atoms with Crippen molar-refractivity contribution >= 4 is 27.5 Å². The van der Waals surface area contributed by atoms with E-state index in [4.69, 9.17) is 15.1 Å². The number of aliphatic hydroxyl groups is 1. The van der Waals surface area contributed by atoms with Gasteiger partial charge in [-0.2, -0.15) is 0 Å². The van der Waals surface area contributed by atoms with Gasteiger partial charge in [-0.15, -0.1) is 0 Å². The van der Waals surface area contributed by atoms with Crippen molar-refractivity contribution in [2.45, 2.75) is 24.2 Å². The predicted molar refractivity (Wildman–Crippen MR) is 104 cm³/mol. The van der Waals surface area contributed by atoms with Gasteiger partial charge in [-0.05, 0) is 43.0 Å². The molecule has 0 spiro atoms. The summed E-state index contributed by atoms with van der Waals surface area (Å²) in [6.07, 6.45) is -0.981. The van der Waals surface area contributed by atoms with Gasteiger partial charge in [-0.1, -0.05) is 11.8 Å². The molecule has 10 heteroatoms. The maximum atomic E-state index is 12.2. The summed E-state index contributed by atoms with van der Waals surface area (Å²) >= 11 is 0. The zero-order valence-electron chi connectivity index (χ0n) is 15.8. The maximum absolute atomic E-state index is 12.2. The van der Waals surface area contributed by atoms with E-state index in [1.54, 1.807) is 24.3 Å². The fourth-order valence-electron chi connectivity index (χ4n) is 2.72. The van der Waals surface area contributed by atoms with Gasteiger partial charge in [0.1, 0.15) is 12.7 Å². The SMILES string of the molecule is CC(CC1CN(c2ccc(C#CC#CCO)cc2)C(=O)O1)(C(=O)NO)S(C)(=O)=O. The Hall–Kier alpha value is -3.05. The minimum atomic E-state index is -3.91. The number of benzene rings is 1. The molecule has 0 aromatic heterocycles. The van der Waals surface area contributed by atoms with E-state index in [2.05, 4.69) is 23.7 Å². The molecule has 29 heavy (non-hydrogen) atoms. The molecule has 1 fully saturated rings. The lowest BCUT2D eigenvalue weighted by Crippen LogP contribution is -2.51. The highest BCUT2D eigenvalue weighted by molar-refractivity contribution is 7.92. The third kappa shape index (κ3) is 5.06. The van der Waals surface area contributed by atoms with Gasteiger partial charge >= 0.3 is 6.09 Å². The lowest BCUT2D eigenvalue weighted by Gasteiger charge is -2.26. The Bertz CT molecular complexity index is 1010. The molecule has 2 rings (SSSR count). The molecule has 3 N–H and O–H groups in total. The highest BCUT2D eigenvalue weighted by atomic mass is 32.2. The Morgan fingerprint density at radius 3 is 2.55 bits per heavy atom. The third-order valence-corrected chi connectivity index (χ3v) is 6.50. The minimum absolute atomic E-state index is 0.0374. The van der Waals surface area contributed by atoms with Gasteiger partial charge in [0, 0.05) is 23.9 Å². The highest BCUT2D eigenvalue weighted by Crippen LogP contribution is 2.30. The van der Waals surface area contributed by atoms with Crippen molar-refractivity contribution in [3.63, 3.8) is 0 Å². The van der Waals surface area contributed by atoms with Crippen LogP contribution in [0.3, 0.4) is 0 Å². The molecule has 0 aliphatic carbocycles. The molecule has 0 saturated carbocycles. The number of nitrogens with one attached hydrogen (secondary N) is 1. The fourth-order valence-corrected chi connectivity index (χ4v) is 3.59. The summed E-state index contributed by atoms with van der Waals surface area (Å²) in [5.74, 6) is 9.13. The number of nitrogens with zero attached hydrogens (tertiary/aromatic N) is 1. The third-order valence-electron chi connectivity index (χ3n) is 4.51. The number of ether oxygens (including phenoxy) is 1. The number of sulfone groups is 1. The van der Waals surface area contributed by atoms with Crippen LogP contribution in [0, 0.1) is 23.7 Å². The summed E-state index contributed by atoms with van der Waals surface area (Å²) in [6.45, 7) is 0.928. The first kappa shape index (κ1) is 22.2. The van der Waals surface area contributed by atoms with Gasteiger partial charge in [0.05, 0.1) is 6.54 Å². The number of carbonyl (C=O) groups is 2. The first-order valence-electron chi connectivity index (χ1n) is 8.44. The number of anilines is 1. The summed E-state index contributed by atoms with van der Waals surface area (Å²) < 4.78 is 27.4. The van der Waals surface area contributed by atoms with Crippen LogP contribution in [0.4, 0.5) is 10.5 Å². The normalized spacial score (nSPS) is 17.9. The van der Waals surface area contributed by atoms with E-state index in [0.717, 1.165) is 13.2 Å². The van der Waals surface area contributed by atoms with Crippen LogP contribution in [-0.2, 0) is 19.4 Å². The molecule has 1 heterocycles. The summed E-state index contributed by atoms with van der Waals surface area (Å²) in [7, 11) is -3.91. The highest BCUT2D eigenvalue weighted by Gasteiger charge is 2.48. The molecule has 0 radical (unpaired) electrons. The van der Waals surface area contributed by atoms with E-state index in [1.807, 2.05) is 0 Å². The van der Waals surface area contributed by atoms with Crippen molar-refractivity contribution in [3.05, 3.63) is 29.8 Å². The van der Waals surface area contributed by atoms with E-state index in [-0.39, 0.29) is 19.6 Å². The van der Waals surface area contributed by atoms with Gasteiger partial charge in [0.2, 0.25) is 0 Å². The second-order valence-corrected chi connectivity index (χ2v) is 8.97. The van der Waals surface area contributed by atoms with E-state index in [1.165, 1.54) is 10.4 Å². The summed E-state index contributed by atoms with van der Waals surface area (Å²) in [5, 5.41) is 17.5. The lowest BCUT2D eigenvalue weighted by atomic mass is 10.0. The Labute approximate surface area is 168 Å². The number of carbonyl (C=O) groups excluding carboxylic acids is 2. The molecule has 2 amide bonds. The Morgan fingerprint density at radius 2 is 2.00 bits per heavy atom. The van der Waals surface area contributed by atoms with E-state index in [9.17, 15) is 18.0 Å². The van der Waals surface area contributed by atoms with Crippen LogP contribution in [0.1, 0.15) is 18.9 Å². The number of hydrogen-bond acceptors (Lipinski definition) is 7. The van der Waals surface area contributed by atoms with Gasteiger partial charge < -0.3 is 9.84 Å². The number of cyclic esters (lactones) is 1. The van der Waals surface area contributed by atoms with Crippen molar-refractivity contribution in [1.29, 1.82) is 0 Å². The minimum Gasteiger partial charge on any atom is -0.444 e. The van der Waals surface area contributed by atoms with Crippen LogP contribution in [0.5, 0.6) is 0 Å². The lowest BCUT2D eigenvalue weighted by molar-refractivity contribution is -0.132. The summed E-state index contributed by atoms with van der Waals surface area (Å²) in [5.41, 5.74) is 2.52. The average Bonchev–Trinajstić information content (AvgIpc) is 3.04. The molecule has 9 nitrogen and oxygen atoms in total. The molecule has 154 valence electrons. The van der Waals surface area contributed by atoms with E-state index in [0.29, 0.717) is 11.3 Å². The molecule has 0 bridgehead atoms. The van der Waals surface area contributed by atoms with Crippen molar-refractivity contribution in [2.24, 2.45) is 0 Å². The van der Waals surface area contributed by atoms with Crippen molar-refractivity contribution in [1.82, 2.24) is 5.48 Å². The Morgan fingerprint density at radius 1 is 1.34 bits per heavy atom. The number of amides is 2. The standard InChI is InChI=1S/C19H20N2O7S/c1-19(17(23)20-25,29(2,26)27)12-16-13-21(18(24)28-16)15-9-7-14(8-10-15)6-4-3-5-11-22/h7-10,16,22,25H,11-13H2,1-2H3,(H,20,23). The van der Waals surface area contributed by atoms with Gasteiger partial charge in [0.15, 0.2) is 14.6 Å². The first-order valence-corrected chi connectivity index (χ1v) is 10.3. The van der Waals surface area contributed by atoms with Crippen LogP contribution >= 0.6 is 0 Å². The molecular formula is C19H20N2O7S. The Balaban J connectivity index is 2.15. The van der Waals surface area contributed by atoms with Crippen molar-refractivity contribution in [2.75, 3.05) is 24.3 Å². The fraction of sp³-hybridized carbons (Fsp3) is 0.368. The maximum Gasteiger partial charge on any atom is 0.414 e. The number of hydroxylamine groups is 1. The number of hydrogen-bond donors (Lipinski definition) is 3. The van der Waals surface area contributed by atoms with E-state index >= 15 is 0 Å². The molecule has 1 aromatic rings. The molecule has 2 unspecified atom stereocenters.